The number of rotatable bonds is 8. The van der Waals surface area contributed by atoms with Crippen molar-refractivity contribution in [3.05, 3.63) is 71.3 Å². The Morgan fingerprint density at radius 1 is 1.03 bits per heavy atom. The summed E-state index contributed by atoms with van der Waals surface area (Å²) in [6.45, 7) is 7.37. The Labute approximate surface area is 196 Å². The Hall–Kier alpha value is -2.02. The van der Waals surface area contributed by atoms with Gasteiger partial charge in [0.15, 0.2) is 0 Å². The highest BCUT2D eigenvalue weighted by Gasteiger charge is 2.37. The number of halogens is 3. The monoisotopic (exact) mass is 465 g/mol. The fourth-order valence-corrected chi connectivity index (χ4v) is 4.67. The van der Waals surface area contributed by atoms with Crippen molar-refractivity contribution < 1.29 is 13.6 Å². The zero-order valence-corrected chi connectivity index (χ0v) is 19.7. The molecule has 2 atom stereocenters. The highest BCUT2D eigenvalue weighted by atomic mass is 35.5. The summed E-state index contributed by atoms with van der Waals surface area (Å²) in [6, 6.07) is 12.8. The van der Waals surface area contributed by atoms with Crippen molar-refractivity contribution >= 4 is 18.3 Å². The SMILES string of the molecule is CCN(CC)CCC(=O)N1CCC[C@@H](C(c2ccc(F)cc2)c2ccc(F)cc2)[C@H]1N.Cl. The second-order valence-electron chi connectivity index (χ2n) is 8.24. The van der Waals surface area contributed by atoms with Crippen LogP contribution in [0.1, 0.15) is 50.2 Å². The number of hydrogen-bond donors (Lipinski definition) is 1. The molecule has 0 saturated carbocycles. The summed E-state index contributed by atoms with van der Waals surface area (Å²) in [5.41, 5.74) is 8.52. The van der Waals surface area contributed by atoms with Gasteiger partial charge in [0.2, 0.25) is 5.91 Å². The predicted molar refractivity (Wildman–Crippen MR) is 127 cm³/mol. The van der Waals surface area contributed by atoms with Crippen LogP contribution in [0.15, 0.2) is 48.5 Å². The highest BCUT2D eigenvalue weighted by Crippen LogP contribution is 2.39. The van der Waals surface area contributed by atoms with Gasteiger partial charge < -0.3 is 15.5 Å². The molecule has 1 amide bonds. The number of piperidine rings is 1. The molecule has 0 aliphatic carbocycles. The van der Waals surface area contributed by atoms with Gasteiger partial charge in [0, 0.05) is 31.3 Å². The maximum absolute atomic E-state index is 13.6. The predicted octanol–water partition coefficient (Wildman–Crippen LogP) is 4.77. The van der Waals surface area contributed by atoms with Crippen LogP contribution >= 0.6 is 12.4 Å². The average molecular weight is 466 g/mol. The summed E-state index contributed by atoms with van der Waals surface area (Å²) in [5, 5.41) is 0. The Kier molecular flexibility index (Phi) is 10.1. The van der Waals surface area contributed by atoms with Crippen molar-refractivity contribution in [2.75, 3.05) is 26.2 Å². The van der Waals surface area contributed by atoms with E-state index in [1.165, 1.54) is 24.3 Å². The molecule has 0 unspecified atom stereocenters. The van der Waals surface area contributed by atoms with Crippen LogP contribution in [0.3, 0.4) is 0 Å². The first kappa shape index (κ1) is 26.2. The fourth-order valence-electron chi connectivity index (χ4n) is 4.67. The Morgan fingerprint density at radius 2 is 1.53 bits per heavy atom. The van der Waals surface area contributed by atoms with Crippen LogP contribution in [-0.4, -0.2) is 48.1 Å². The third kappa shape index (κ3) is 6.27. The summed E-state index contributed by atoms with van der Waals surface area (Å²) in [4.78, 5) is 17.0. The van der Waals surface area contributed by atoms with E-state index in [2.05, 4.69) is 18.7 Å². The molecule has 2 aromatic carbocycles. The zero-order chi connectivity index (χ0) is 22.4. The molecular weight excluding hydrogens is 432 g/mol. The van der Waals surface area contributed by atoms with Crippen LogP contribution < -0.4 is 5.73 Å². The van der Waals surface area contributed by atoms with E-state index in [-0.39, 0.29) is 41.8 Å². The molecule has 0 radical (unpaired) electrons. The van der Waals surface area contributed by atoms with E-state index in [1.54, 1.807) is 29.2 Å². The van der Waals surface area contributed by atoms with Crippen LogP contribution in [0.2, 0.25) is 0 Å². The number of amides is 1. The number of likely N-dealkylation sites (tertiary alicyclic amines) is 1. The molecular formula is C25H34ClF2N3O. The molecule has 1 saturated heterocycles. The minimum Gasteiger partial charge on any atom is -0.327 e. The smallest absolute Gasteiger partial charge is 0.225 e. The van der Waals surface area contributed by atoms with Gasteiger partial charge in [-0.3, -0.25) is 4.79 Å². The first-order valence-electron chi connectivity index (χ1n) is 11.2. The number of carbonyl (C=O) groups is 1. The molecule has 1 heterocycles. The standard InChI is InChI=1S/C25H33F2N3O.ClH/c1-3-29(4-2)17-15-23(31)30-16-5-6-22(25(30)28)24(18-7-11-20(26)12-8-18)19-9-13-21(27)14-10-19;/h7-14,22,24-25H,3-6,15-17,28H2,1-2H3;1H/t22-,25-;/m0./s1. The second-order valence-corrected chi connectivity index (χ2v) is 8.24. The van der Waals surface area contributed by atoms with Crippen LogP contribution in [0.5, 0.6) is 0 Å². The van der Waals surface area contributed by atoms with E-state index >= 15 is 0 Å². The average Bonchev–Trinajstić information content (AvgIpc) is 2.78. The summed E-state index contributed by atoms with van der Waals surface area (Å²) in [7, 11) is 0. The molecule has 2 N–H and O–H groups in total. The maximum Gasteiger partial charge on any atom is 0.225 e. The van der Waals surface area contributed by atoms with E-state index in [1.807, 2.05) is 0 Å². The van der Waals surface area contributed by atoms with Gasteiger partial charge in [-0.15, -0.1) is 12.4 Å². The van der Waals surface area contributed by atoms with Gasteiger partial charge in [0.25, 0.3) is 0 Å². The fraction of sp³-hybridized carbons (Fsp3) is 0.480. The summed E-state index contributed by atoms with van der Waals surface area (Å²) >= 11 is 0. The molecule has 7 heteroatoms. The molecule has 4 nitrogen and oxygen atoms in total. The number of hydrogen-bond acceptors (Lipinski definition) is 3. The van der Waals surface area contributed by atoms with Crippen molar-refractivity contribution in [3.8, 4) is 0 Å². The number of benzene rings is 2. The minimum absolute atomic E-state index is 0. The largest absolute Gasteiger partial charge is 0.327 e. The van der Waals surface area contributed by atoms with Crippen LogP contribution in [-0.2, 0) is 4.79 Å². The van der Waals surface area contributed by atoms with E-state index in [4.69, 9.17) is 5.73 Å². The molecule has 3 rings (SSSR count). The maximum atomic E-state index is 13.6. The van der Waals surface area contributed by atoms with Crippen molar-refractivity contribution in [3.63, 3.8) is 0 Å². The lowest BCUT2D eigenvalue weighted by atomic mass is 9.75. The molecule has 1 aliphatic rings. The lowest BCUT2D eigenvalue weighted by Crippen LogP contribution is -2.55. The lowest BCUT2D eigenvalue weighted by molar-refractivity contribution is -0.136. The number of nitrogens with zero attached hydrogens (tertiary/aromatic N) is 2. The first-order chi connectivity index (χ1) is 14.9. The summed E-state index contributed by atoms with van der Waals surface area (Å²) in [5.74, 6) is -0.719. The summed E-state index contributed by atoms with van der Waals surface area (Å²) < 4.78 is 27.1. The van der Waals surface area contributed by atoms with Crippen molar-refractivity contribution in [2.24, 2.45) is 11.7 Å². The van der Waals surface area contributed by atoms with Gasteiger partial charge in [-0.05, 0) is 61.3 Å². The van der Waals surface area contributed by atoms with E-state index < -0.39 is 6.17 Å². The van der Waals surface area contributed by atoms with Crippen LogP contribution in [0.4, 0.5) is 8.78 Å². The van der Waals surface area contributed by atoms with E-state index in [0.29, 0.717) is 13.0 Å². The molecule has 0 bridgehead atoms. The Bertz CT molecular complexity index is 798. The van der Waals surface area contributed by atoms with Gasteiger partial charge in [-0.2, -0.15) is 0 Å². The van der Waals surface area contributed by atoms with Gasteiger partial charge >= 0.3 is 0 Å². The summed E-state index contributed by atoms with van der Waals surface area (Å²) in [6.07, 6.45) is 1.70. The van der Waals surface area contributed by atoms with Crippen LogP contribution in [0, 0.1) is 17.6 Å². The van der Waals surface area contributed by atoms with E-state index in [9.17, 15) is 13.6 Å². The van der Waals surface area contributed by atoms with Crippen molar-refractivity contribution in [2.45, 2.75) is 45.2 Å². The third-order valence-corrected chi connectivity index (χ3v) is 6.48. The van der Waals surface area contributed by atoms with Gasteiger partial charge in [-0.25, -0.2) is 8.78 Å². The Morgan fingerprint density at radius 3 is 2.00 bits per heavy atom. The molecule has 1 fully saturated rings. The number of carbonyl (C=O) groups excluding carboxylic acids is 1. The zero-order valence-electron chi connectivity index (χ0n) is 18.8. The van der Waals surface area contributed by atoms with Crippen molar-refractivity contribution in [1.82, 2.24) is 9.80 Å². The second kappa shape index (κ2) is 12.3. The molecule has 32 heavy (non-hydrogen) atoms. The first-order valence-corrected chi connectivity index (χ1v) is 11.2. The normalized spacial score (nSPS) is 18.7. The van der Waals surface area contributed by atoms with Crippen molar-refractivity contribution in [1.29, 1.82) is 0 Å². The minimum atomic E-state index is -0.446. The quantitative estimate of drug-likeness (QED) is 0.610. The molecule has 176 valence electrons. The van der Waals surface area contributed by atoms with Gasteiger partial charge in [0.1, 0.15) is 11.6 Å². The molecule has 0 spiro atoms. The number of nitrogens with two attached hydrogens (primary N) is 1. The van der Waals surface area contributed by atoms with Gasteiger partial charge in [0.05, 0.1) is 6.17 Å². The molecule has 0 aromatic heterocycles. The Balaban J connectivity index is 0.00000363. The highest BCUT2D eigenvalue weighted by molar-refractivity contribution is 5.85. The third-order valence-electron chi connectivity index (χ3n) is 6.48. The lowest BCUT2D eigenvalue weighted by Gasteiger charge is -2.43. The van der Waals surface area contributed by atoms with Crippen LogP contribution in [0.25, 0.3) is 0 Å². The van der Waals surface area contributed by atoms with Gasteiger partial charge in [-0.1, -0.05) is 38.1 Å². The topological polar surface area (TPSA) is 49.6 Å². The molecule has 2 aromatic rings. The van der Waals surface area contributed by atoms with E-state index in [0.717, 1.165) is 43.6 Å². The molecule has 1 aliphatic heterocycles.